The molecule has 2 rings (SSSR count). The number of rotatable bonds is 6. The average molecular weight is 263 g/mol. The number of pyridine rings is 1. The highest BCUT2D eigenvalue weighted by atomic mass is 16.5. The molecule has 1 saturated heterocycles. The molecule has 0 radical (unpaired) electrons. The van der Waals surface area contributed by atoms with E-state index < -0.39 is 0 Å². The van der Waals surface area contributed by atoms with Crippen LogP contribution in [-0.2, 0) is 6.42 Å². The summed E-state index contributed by atoms with van der Waals surface area (Å²) in [6.45, 7) is 5.19. The van der Waals surface area contributed by atoms with Gasteiger partial charge in [-0.25, -0.2) is 0 Å². The van der Waals surface area contributed by atoms with Gasteiger partial charge in [0.25, 0.3) is 0 Å². The molecule has 1 aliphatic heterocycles. The highest BCUT2D eigenvalue weighted by molar-refractivity contribution is 5.20. The van der Waals surface area contributed by atoms with Crippen molar-refractivity contribution in [2.45, 2.75) is 32.3 Å². The fourth-order valence-electron chi connectivity index (χ4n) is 2.32. The standard InChI is InChI=1S/C14H21N3O2/c1-2-12-3-4-14(11-15-12)19-13-5-8-17(9-6-13)10-7-16-18/h3-4,11,13H,2,5-10H2,1H3. The van der Waals surface area contributed by atoms with Crippen LogP contribution in [-0.4, -0.2) is 42.2 Å². The minimum absolute atomic E-state index is 0.259. The maximum absolute atomic E-state index is 10.1. The lowest BCUT2D eigenvalue weighted by atomic mass is 10.1. The number of nitrogens with zero attached hydrogens (tertiary/aromatic N) is 3. The van der Waals surface area contributed by atoms with Gasteiger partial charge in [-0.1, -0.05) is 12.1 Å². The van der Waals surface area contributed by atoms with E-state index in [1.165, 1.54) is 0 Å². The first-order valence-corrected chi connectivity index (χ1v) is 6.95. The van der Waals surface area contributed by atoms with Gasteiger partial charge >= 0.3 is 0 Å². The molecule has 0 amide bonds. The van der Waals surface area contributed by atoms with E-state index in [4.69, 9.17) is 4.74 Å². The van der Waals surface area contributed by atoms with Crippen molar-refractivity contribution in [2.24, 2.45) is 5.18 Å². The number of piperidine rings is 1. The molecule has 5 nitrogen and oxygen atoms in total. The topological polar surface area (TPSA) is 54.8 Å². The first-order valence-electron chi connectivity index (χ1n) is 6.95. The number of likely N-dealkylation sites (tertiary alicyclic amines) is 1. The van der Waals surface area contributed by atoms with Crippen LogP contribution >= 0.6 is 0 Å². The van der Waals surface area contributed by atoms with Crippen molar-refractivity contribution in [1.82, 2.24) is 9.88 Å². The van der Waals surface area contributed by atoms with Crippen molar-refractivity contribution in [1.29, 1.82) is 0 Å². The molecule has 0 saturated carbocycles. The Labute approximate surface area is 113 Å². The Bertz CT molecular complexity index is 386. The number of ether oxygens (including phenoxy) is 1. The molecule has 0 aromatic carbocycles. The number of aromatic nitrogens is 1. The van der Waals surface area contributed by atoms with E-state index >= 15 is 0 Å². The fourth-order valence-corrected chi connectivity index (χ4v) is 2.32. The Kier molecular flexibility index (Phi) is 5.27. The Balaban J connectivity index is 1.76. The summed E-state index contributed by atoms with van der Waals surface area (Å²) in [5.74, 6) is 0.852. The maximum Gasteiger partial charge on any atom is 0.138 e. The molecule has 19 heavy (non-hydrogen) atoms. The minimum Gasteiger partial charge on any atom is -0.489 e. The van der Waals surface area contributed by atoms with E-state index in [9.17, 15) is 4.91 Å². The molecule has 0 atom stereocenters. The van der Waals surface area contributed by atoms with E-state index in [1.807, 2.05) is 18.3 Å². The van der Waals surface area contributed by atoms with E-state index in [-0.39, 0.29) is 6.10 Å². The summed E-state index contributed by atoms with van der Waals surface area (Å²) in [6, 6.07) is 4.01. The largest absolute Gasteiger partial charge is 0.489 e. The summed E-state index contributed by atoms with van der Waals surface area (Å²) in [6.07, 6.45) is 5.00. The molecule has 1 aliphatic rings. The summed E-state index contributed by atoms with van der Waals surface area (Å²) in [7, 11) is 0. The van der Waals surface area contributed by atoms with Gasteiger partial charge < -0.3 is 9.64 Å². The van der Waals surface area contributed by atoms with Crippen LogP contribution in [0.5, 0.6) is 5.75 Å². The highest BCUT2D eigenvalue weighted by Gasteiger charge is 2.20. The number of hydrogen-bond donors (Lipinski definition) is 0. The number of hydrogen-bond acceptors (Lipinski definition) is 5. The molecular weight excluding hydrogens is 242 g/mol. The summed E-state index contributed by atoms with van der Waals surface area (Å²) in [5, 5.41) is 2.90. The van der Waals surface area contributed by atoms with Gasteiger partial charge in [0.1, 0.15) is 11.9 Å². The SMILES string of the molecule is CCc1ccc(OC2CCN(CCN=O)CC2)cn1. The lowest BCUT2D eigenvalue weighted by molar-refractivity contribution is 0.102. The third-order valence-electron chi connectivity index (χ3n) is 3.50. The molecular formula is C14H21N3O2. The van der Waals surface area contributed by atoms with Crippen LogP contribution in [0.3, 0.4) is 0 Å². The highest BCUT2D eigenvalue weighted by Crippen LogP contribution is 2.18. The van der Waals surface area contributed by atoms with E-state index in [1.54, 1.807) is 0 Å². The first kappa shape index (κ1) is 13.9. The minimum atomic E-state index is 0.259. The molecule has 104 valence electrons. The van der Waals surface area contributed by atoms with Gasteiger partial charge in [-0.2, -0.15) is 4.91 Å². The van der Waals surface area contributed by atoms with Gasteiger partial charge in [-0.05, 0) is 31.4 Å². The Morgan fingerprint density at radius 1 is 1.42 bits per heavy atom. The van der Waals surface area contributed by atoms with Gasteiger partial charge in [-0.3, -0.25) is 4.98 Å². The zero-order valence-electron chi connectivity index (χ0n) is 11.4. The predicted molar refractivity (Wildman–Crippen MR) is 74.4 cm³/mol. The van der Waals surface area contributed by atoms with Crippen LogP contribution in [0.2, 0.25) is 0 Å². The van der Waals surface area contributed by atoms with Crippen molar-refractivity contribution in [3.8, 4) is 5.75 Å². The van der Waals surface area contributed by atoms with Crippen LogP contribution < -0.4 is 4.74 Å². The molecule has 2 heterocycles. The quantitative estimate of drug-likeness (QED) is 0.739. The molecule has 0 spiro atoms. The van der Waals surface area contributed by atoms with Gasteiger partial charge in [0.15, 0.2) is 0 Å². The van der Waals surface area contributed by atoms with Crippen LogP contribution in [0.15, 0.2) is 23.5 Å². The molecule has 0 N–H and O–H groups in total. The van der Waals surface area contributed by atoms with Crippen molar-refractivity contribution < 1.29 is 4.74 Å². The predicted octanol–water partition coefficient (Wildman–Crippen LogP) is 2.25. The third kappa shape index (κ3) is 4.28. The molecule has 0 aliphatic carbocycles. The summed E-state index contributed by atoms with van der Waals surface area (Å²) < 4.78 is 5.93. The van der Waals surface area contributed by atoms with Crippen LogP contribution in [0.25, 0.3) is 0 Å². The van der Waals surface area contributed by atoms with Crippen molar-refractivity contribution in [2.75, 3.05) is 26.2 Å². The Morgan fingerprint density at radius 3 is 2.79 bits per heavy atom. The summed E-state index contributed by atoms with van der Waals surface area (Å²) >= 11 is 0. The van der Waals surface area contributed by atoms with Crippen molar-refractivity contribution >= 4 is 0 Å². The second-order valence-electron chi connectivity index (χ2n) is 4.85. The van der Waals surface area contributed by atoms with Crippen LogP contribution in [0, 0.1) is 4.91 Å². The zero-order valence-corrected chi connectivity index (χ0v) is 11.4. The summed E-state index contributed by atoms with van der Waals surface area (Å²) in [4.78, 5) is 16.7. The van der Waals surface area contributed by atoms with Crippen LogP contribution in [0.1, 0.15) is 25.5 Å². The van der Waals surface area contributed by atoms with Crippen molar-refractivity contribution in [3.63, 3.8) is 0 Å². The second-order valence-corrected chi connectivity index (χ2v) is 4.85. The van der Waals surface area contributed by atoms with Gasteiger partial charge in [0, 0.05) is 25.3 Å². The maximum atomic E-state index is 10.1. The zero-order chi connectivity index (χ0) is 13.5. The normalized spacial score (nSPS) is 17.3. The molecule has 0 unspecified atom stereocenters. The van der Waals surface area contributed by atoms with Gasteiger partial charge in [0.2, 0.25) is 0 Å². The average Bonchev–Trinajstić information content (AvgIpc) is 2.47. The molecule has 1 fully saturated rings. The molecule has 1 aromatic rings. The third-order valence-corrected chi connectivity index (χ3v) is 3.50. The smallest absolute Gasteiger partial charge is 0.138 e. The second kappa shape index (κ2) is 7.19. The van der Waals surface area contributed by atoms with E-state index in [0.717, 1.165) is 50.3 Å². The molecule has 5 heteroatoms. The molecule has 0 bridgehead atoms. The van der Waals surface area contributed by atoms with E-state index in [2.05, 4.69) is 22.0 Å². The van der Waals surface area contributed by atoms with Gasteiger partial charge in [-0.15, -0.1) is 0 Å². The van der Waals surface area contributed by atoms with Crippen LogP contribution in [0.4, 0.5) is 0 Å². The monoisotopic (exact) mass is 263 g/mol. The van der Waals surface area contributed by atoms with E-state index in [0.29, 0.717) is 6.54 Å². The summed E-state index contributed by atoms with van der Waals surface area (Å²) in [5.41, 5.74) is 1.09. The lowest BCUT2D eigenvalue weighted by Gasteiger charge is -2.31. The lowest BCUT2D eigenvalue weighted by Crippen LogP contribution is -2.39. The number of aryl methyl sites for hydroxylation is 1. The first-order chi connectivity index (χ1) is 9.31. The Morgan fingerprint density at radius 2 is 2.21 bits per heavy atom. The van der Waals surface area contributed by atoms with Gasteiger partial charge in [0.05, 0.1) is 12.7 Å². The fraction of sp³-hybridized carbons (Fsp3) is 0.643. The molecule has 1 aromatic heterocycles. The number of nitroso groups, excluding NO2 is 1. The van der Waals surface area contributed by atoms with Crippen molar-refractivity contribution in [3.05, 3.63) is 28.9 Å². The Hall–Kier alpha value is -1.49.